The lowest BCUT2D eigenvalue weighted by Gasteiger charge is -2.04. The van der Waals surface area contributed by atoms with Crippen molar-refractivity contribution in [2.75, 3.05) is 5.32 Å². The summed E-state index contributed by atoms with van der Waals surface area (Å²) in [6.45, 7) is 3.03. The Balaban J connectivity index is 1.37. The summed E-state index contributed by atoms with van der Waals surface area (Å²) in [5.41, 5.74) is 6.49. The number of carbonyl (C=O) groups excluding carboxylic acids is 2. The number of anilines is 1. The van der Waals surface area contributed by atoms with Gasteiger partial charge in [-0.1, -0.05) is 42.5 Å². The molecule has 156 valence electrons. The van der Waals surface area contributed by atoms with Gasteiger partial charge in [0, 0.05) is 46.9 Å². The molecule has 0 atom stereocenters. The largest absolute Gasteiger partial charge is 0.341 e. The van der Waals surface area contributed by atoms with Crippen LogP contribution in [0.1, 0.15) is 25.3 Å². The van der Waals surface area contributed by atoms with Crippen LogP contribution in [-0.2, 0) is 16.1 Å². The molecule has 0 fully saturated rings. The molecule has 4 aromatic rings. The van der Waals surface area contributed by atoms with Crippen molar-refractivity contribution in [1.82, 2.24) is 9.99 Å². The summed E-state index contributed by atoms with van der Waals surface area (Å²) < 4.78 is 2.29. The van der Waals surface area contributed by atoms with Crippen LogP contribution in [0.15, 0.2) is 77.9 Å². The van der Waals surface area contributed by atoms with E-state index in [1.807, 2.05) is 36.4 Å². The summed E-state index contributed by atoms with van der Waals surface area (Å²) >= 11 is 0. The highest BCUT2D eigenvalue weighted by molar-refractivity contribution is 6.09. The maximum absolute atomic E-state index is 12.0. The first-order chi connectivity index (χ1) is 15.2. The Labute approximate surface area is 180 Å². The van der Waals surface area contributed by atoms with Gasteiger partial charge >= 0.3 is 0 Å². The molecule has 0 aliphatic rings. The standard InChI is InChI=1S/C25H24N4O2/c1-2-29-22-11-7-6-10-20(22)21-16-18(12-13-23(21)29)17-26-28-25(31)15-14-24(30)27-19-8-4-3-5-9-19/h3-13,16-17H,2,14-15H2,1H3,(H,27,30)(H,28,31)/b26-17-. The maximum Gasteiger partial charge on any atom is 0.240 e. The number of hydrogen-bond donors (Lipinski definition) is 2. The summed E-state index contributed by atoms with van der Waals surface area (Å²) in [5, 5.41) is 9.17. The fraction of sp³-hybridized carbons (Fsp3) is 0.160. The van der Waals surface area contributed by atoms with E-state index in [0.29, 0.717) is 5.69 Å². The topological polar surface area (TPSA) is 75.5 Å². The van der Waals surface area contributed by atoms with Crippen molar-refractivity contribution in [3.63, 3.8) is 0 Å². The average Bonchev–Trinajstić information content (AvgIpc) is 3.11. The van der Waals surface area contributed by atoms with Crippen LogP contribution >= 0.6 is 0 Å². The molecule has 2 amide bonds. The molecule has 31 heavy (non-hydrogen) atoms. The Morgan fingerprint density at radius 2 is 1.58 bits per heavy atom. The third-order valence-electron chi connectivity index (χ3n) is 5.15. The van der Waals surface area contributed by atoms with Gasteiger partial charge in [0.05, 0.1) is 6.21 Å². The van der Waals surface area contributed by atoms with Crippen molar-refractivity contribution < 1.29 is 9.59 Å². The van der Waals surface area contributed by atoms with E-state index in [4.69, 9.17) is 0 Å². The minimum atomic E-state index is -0.303. The first kappa shape index (κ1) is 20.3. The first-order valence-electron chi connectivity index (χ1n) is 10.3. The number of para-hydroxylation sites is 2. The zero-order chi connectivity index (χ0) is 21.6. The Morgan fingerprint density at radius 3 is 2.39 bits per heavy atom. The lowest BCUT2D eigenvalue weighted by atomic mass is 10.1. The molecule has 0 unspecified atom stereocenters. The van der Waals surface area contributed by atoms with E-state index in [1.165, 1.54) is 16.4 Å². The van der Waals surface area contributed by atoms with Crippen molar-refractivity contribution >= 4 is 45.5 Å². The van der Waals surface area contributed by atoms with Crippen LogP contribution in [-0.4, -0.2) is 22.6 Å². The minimum absolute atomic E-state index is 0.0685. The van der Waals surface area contributed by atoms with E-state index in [0.717, 1.165) is 17.5 Å². The van der Waals surface area contributed by atoms with Crippen LogP contribution in [0, 0.1) is 0 Å². The first-order valence-corrected chi connectivity index (χ1v) is 10.3. The van der Waals surface area contributed by atoms with Crippen molar-refractivity contribution in [2.45, 2.75) is 26.3 Å². The molecule has 4 rings (SSSR count). The third-order valence-corrected chi connectivity index (χ3v) is 5.15. The van der Waals surface area contributed by atoms with Gasteiger partial charge in [0.2, 0.25) is 11.8 Å². The molecule has 6 nitrogen and oxygen atoms in total. The van der Waals surface area contributed by atoms with Gasteiger partial charge in [-0.15, -0.1) is 0 Å². The highest BCUT2D eigenvalue weighted by Crippen LogP contribution is 2.29. The number of fused-ring (bicyclic) bond motifs is 3. The second-order valence-corrected chi connectivity index (χ2v) is 7.25. The van der Waals surface area contributed by atoms with Gasteiger partial charge in [-0.2, -0.15) is 5.10 Å². The summed E-state index contributed by atoms with van der Waals surface area (Å²) in [6, 6.07) is 23.6. The molecule has 0 saturated carbocycles. The summed E-state index contributed by atoms with van der Waals surface area (Å²) in [4.78, 5) is 24.0. The predicted molar refractivity (Wildman–Crippen MR) is 125 cm³/mol. The normalized spacial score (nSPS) is 11.3. The zero-order valence-corrected chi connectivity index (χ0v) is 17.3. The Morgan fingerprint density at radius 1 is 0.871 bits per heavy atom. The van der Waals surface area contributed by atoms with E-state index in [9.17, 15) is 9.59 Å². The Hall–Kier alpha value is -3.93. The molecule has 0 saturated heterocycles. The van der Waals surface area contributed by atoms with Gasteiger partial charge in [-0.05, 0) is 42.8 Å². The van der Waals surface area contributed by atoms with Crippen LogP contribution in [0.3, 0.4) is 0 Å². The number of nitrogens with zero attached hydrogens (tertiary/aromatic N) is 2. The van der Waals surface area contributed by atoms with E-state index in [-0.39, 0.29) is 24.7 Å². The molecule has 0 aliphatic heterocycles. The molecular formula is C25H24N4O2. The van der Waals surface area contributed by atoms with Gasteiger partial charge in [-0.25, -0.2) is 5.43 Å². The monoisotopic (exact) mass is 412 g/mol. The molecule has 6 heteroatoms. The number of hydrogen-bond acceptors (Lipinski definition) is 3. The number of benzene rings is 3. The Kier molecular flexibility index (Phi) is 6.08. The number of rotatable bonds is 7. The van der Waals surface area contributed by atoms with Gasteiger partial charge in [0.15, 0.2) is 0 Å². The average molecular weight is 412 g/mol. The quantitative estimate of drug-likeness (QED) is 0.341. The number of aromatic nitrogens is 1. The predicted octanol–water partition coefficient (Wildman–Crippen LogP) is 4.68. The van der Waals surface area contributed by atoms with Crippen LogP contribution in [0.25, 0.3) is 21.8 Å². The second-order valence-electron chi connectivity index (χ2n) is 7.25. The summed E-state index contributed by atoms with van der Waals surface area (Å²) in [5.74, 6) is -0.508. The SMILES string of the molecule is CCn1c2ccccc2c2cc(/C=N\NC(=O)CCC(=O)Nc3ccccc3)ccc21. The number of hydrazone groups is 1. The maximum atomic E-state index is 12.0. The van der Waals surface area contributed by atoms with Gasteiger partial charge in [0.1, 0.15) is 0 Å². The number of amides is 2. The second kappa shape index (κ2) is 9.26. The van der Waals surface area contributed by atoms with Crippen LogP contribution in [0.5, 0.6) is 0 Å². The third kappa shape index (κ3) is 4.64. The highest BCUT2D eigenvalue weighted by atomic mass is 16.2. The molecule has 2 N–H and O–H groups in total. The Bertz CT molecular complexity index is 1260. The van der Waals surface area contributed by atoms with Crippen LogP contribution in [0.2, 0.25) is 0 Å². The fourth-order valence-electron chi connectivity index (χ4n) is 3.70. The van der Waals surface area contributed by atoms with Gasteiger partial charge in [0.25, 0.3) is 0 Å². The highest BCUT2D eigenvalue weighted by Gasteiger charge is 2.09. The minimum Gasteiger partial charge on any atom is -0.341 e. The lowest BCUT2D eigenvalue weighted by Crippen LogP contribution is -2.20. The molecular weight excluding hydrogens is 388 g/mol. The van der Waals surface area contributed by atoms with Gasteiger partial charge < -0.3 is 9.88 Å². The molecule has 1 aromatic heterocycles. The molecule has 0 bridgehead atoms. The number of nitrogens with one attached hydrogen (secondary N) is 2. The fourth-order valence-corrected chi connectivity index (χ4v) is 3.70. The van der Waals surface area contributed by atoms with Crippen LogP contribution < -0.4 is 10.7 Å². The summed E-state index contributed by atoms with van der Waals surface area (Å²) in [7, 11) is 0. The van der Waals surface area contributed by atoms with E-state index < -0.39 is 0 Å². The molecule has 1 heterocycles. The number of aryl methyl sites for hydroxylation is 1. The van der Waals surface area contributed by atoms with Crippen molar-refractivity contribution in [3.05, 3.63) is 78.4 Å². The molecule has 0 radical (unpaired) electrons. The van der Waals surface area contributed by atoms with Crippen molar-refractivity contribution in [2.24, 2.45) is 5.10 Å². The smallest absolute Gasteiger partial charge is 0.240 e. The van der Waals surface area contributed by atoms with E-state index in [2.05, 4.69) is 51.6 Å². The molecule has 3 aromatic carbocycles. The van der Waals surface area contributed by atoms with Crippen molar-refractivity contribution in [1.29, 1.82) is 0 Å². The molecule has 0 aliphatic carbocycles. The van der Waals surface area contributed by atoms with Gasteiger partial charge in [-0.3, -0.25) is 9.59 Å². The van der Waals surface area contributed by atoms with Crippen molar-refractivity contribution in [3.8, 4) is 0 Å². The summed E-state index contributed by atoms with van der Waals surface area (Å²) in [6.07, 6.45) is 1.79. The lowest BCUT2D eigenvalue weighted by molar-refractivity contribution is -0.124. The van der Waals surface area contributed by atoms with Crippen LogP contribution in [0.4, 0.5) is 5.69 Å². The zero-order valence-electron chi connectivity index (χ0n) is 17.3. The number of carbonyl (C=O) groups is 2. The van der Waals surface area contributed by atoms with E-state index in [1.54, 1.807) is 18.3 Å². The molecule has 0 spiro atoms. The van der Waals surface area contributed by atoms with E-state index >= 15 is 0 Å².